The molecule has 118 valence electrons. The molecule has 0 spiro atoms. The number of sulfonamides is 1. The molecular formula is C16H26N2O2S. The number of hydrogen-bond donors (Lipinski definition) is 2. The van der Waals surface area contributed by atoms with E-state index in [-0.39, 0.29) is 0 Å². The lowest BCUT2D eigenvalue weighted by molar-refractivity contribution is 0.495. The first kappa shape index (κ1) is 16.5. The van der Waals surface area contributed by atoms with Gasteiger partial charge in [-0.1, -0.05) is 37.8 Å². The summed E-state index contributed by atoms with van der Waals surface area (Å²) in [4.78, 5) is 0.363. The van der Waals surface area contributed by atoms with Crippen LogP contribution >= 0.6 is 0 Å². The van der Waals surface area contributed by atoms with Gasteiger partial charge in [-0.3, -0.25) is 0 Å². The Morgan fingerprint density at radius 1 is 1.10 bits per heavy atom. The van der Waals surface area contributed by atoms with Crippen LogP contribution in [0, 0.1) is 5.92 Å². The number of benzene rings is 1. The Morgan fingerprint density at radius 3 is 2.38 bits per heavy atom. The first-order valence-electron chi connectivity index (χ1n) is 7.85. The van der Waals surface area contributed by atoms with Crippen molar-refractivity contribution in [2.45, 2.75) is 43.4 Å². The number of hydrogen-bond acceptors (Lipinski definition) is 3. The van der Waals surface area contributed by atoms with Crippen molar-refractivity contribution < 1.29 is 8.42 Å². The highest BCUT2D eigenvalue weighted by molar-refractivity contribution is 7.89. The van der Waals surface area contributed by atoms with Crippen LogP contribution in [-0.2, 0) is 16.4 Å². The molecule has 4 nitrogen and oxygen atoms in total. The van der Waals surface area contributed by atoms with Crippen LogP contribution < -0.4 is 10.0 Å². The topological polar surface area (TPSA) is 58.2 Å². The highest BCUT2D eigenvalue weighted by atomic mass is 32.2. The highest BCUT2D eigenvalue weighted by Crippen LogP contribution is 2.27. The Hall–Kier alpha value is -0.910. The van der Waals surface area contributed by atoms with Crippen LogP contribution in [0.3, 0.4) is 0 Å². The van der Waals surface area contributed by atoms with Gasteiger partial charge in [-0.05, 0) is 50.0 Å². The summed E-state index contributed by atoms with van der Waals surface area (Å²) < 4.78 is 27.1. The molecule has 1 fully saturated rings. The van der Waals surface area contributed by atoms with Gasteiger partial charge in [-0.15, -0.1) is 0 Å². The summed E-state index contributed by atoms with van der Waals surface area (Å²) in [5.41, 5.74) is 1.15. The van der Waals surface area contributed by atoms with E-state index in [1.54, 1.807) is 12.1 Å². The summed E-state index contributed by atoms with van der Waals surface area (Å²) in [5, 5.41) is 3.09. The summed E-state index contributed by atoms with van der Waals surface area (Å²) in [7, 11) is -1.45. The van der Waals surface area contributed by atoms with E-state index in [0.717, 1.165) is 24.9 Å². The van der Waals surface area contributed by atoms with Crippen LogP contribution in [0.5, 0.6) is 0 Å². The molecule has 0 aliphatic heterocycles. The SMILES string of the molecule is CNCCc1ccc(S(=O)(=O)NCCC2CCCC2)cc1. The van der Waals surface area contributed by atoms with Crippen molar-refractivity contribution in [3.05, 3.63) is 29.8 Å². The van der Waals surface area contributed by atoms with Crippen LogP contribution in [0.25, 0.3) is 0 Å². The molecule has 1 aromatic rings. The summed E-state index contributed by atoms with van der Waals surface area (Å²) >= 11 is 0. The third kappa shape index (κ3) is 5.09. The third-order valence-corrected chi connectivity index (χ3v) is 5.69. The molecule has 2 N–H and O–H groups in total. The van der Waals surface area contributed by atoms with Gasteiger partial charge >= 0.3 is 0 Å². The molecule has 0 aromatic heterocycles. The number of nitrogens with one attached hydrogen (secondary N) is 2. The van der Waals surface area contributed by atoms with Crippen molar-refractivity contribution in [1.82, 2.24) is 10.0 Å². The Morgan fingerprint density at radius 2 is 1.76 bits per heavy atom. The fourth-order valence-corrected chi connectivity index (χ4v) is 3.93. The quantitative estimate of drug-likeness (QED) is 0.774. The van der Waals surface area contributed by atoms with Crippen LogP contribution in [0.4, 0.5) is 0 Å². The lowest BCUT2D eigenvalue weighted by Gasteiger charge is -2.11. The van der Waals surface area contributed by atoms with E-state index in [2.05, 4.69) is 10.0 Å². The van der Waals surface area contributed by atoms with E-state index in [0.29, 0.717) is 17.4 Å². The second kappa shape index (κ2) is 7.92. The molecule has 0 heterocycles. The number of likely N-dealkylation sites (N-methyl/N-ethyl adjacent to an activating group) is 1. The van der Waals surface area contributed by atoms with Crippen molar-refractivity contribution in [3.8, 4) is 0 Å². The predicted octanol–water partition coefficient (Wildman–Crippen LogP) is 2.31. The molecule has 0 bridgehead atoms. The maximum absolute atomic E-state index is 12.2. The average molecular weight is 310 g/mol. The van der Waals surface area contributed by atoms with Crippen molar-refractivity contribution in [3.63, 3.8) is 0 Å². The molecule has 0 radical (unpaired) electrons. The molecule has 0 unspecified atom stereocenters. The average Bonchev–Trinajstić information content (AvgIpc) is 2.98. The first-order chi connectivity index (χ1) is 10.1. The largest absolute Gasteiger partial charge is 0.319 e. The van der Waals surface area contributed by atoms with E-state index in [9.17, 15) is 8.42 Å². The molecular weight excluding hydrogens is 284 g/mol. The second-order valence-electron chi connectivity index (χ2n) is 5.83. The molecule has 5 heteroatoms. The summed E-state index contributed by atoms with van der Waals surface area (Å²) in [6, 6.07) is 7.18. The lowest BCUT2D eigenvalue weighted by atomic mass is 10.1. The summed E-state index contributed by atoms with van der Waals surface area (Å²) in [5.74, 6) is 0.705. The molecule has 1 saturated carbocycles. The van der Waals surface area contributed by atoms with Crippen molar-refractivity contribution in [2.24, 2.45) is 5.92 Å². The van der Waals surface area contributed by atoms with Gasteiger partial charge in [0, 0.05) is 6.54 Å². The fraction of sp³-hybridized carbons (Fsp3) is 0.625. The van der Waals surface area contributed by atoms with Gasteiger partial charge in [0.1, 0.15) is 0 Å². The second-order valence-corrected chi connectivity index (χ2v) is 7.60. The Bertz CT molecular complexity index is 520. The zero-order valence-electron chi connectivity index (χ0n) is 12.8. The van der Waals surface area contributed by atoms with Gasteiger partial charge < -0.3 is 5.32 Å². The van der Waals surface area contributed by atoms with Gasteiger partial charge in [-0.25, -0.2) is 13.1 Å². The van der Waals surface area contributed by atoms with E-state index < -0.39 is 10.0 Å². The summed E-state index contributed by atoms with van der Waals surface area (Å²) in [6.45, 7) is 1.44. The molecule has 2 rings (SSSR count). The van der Waals surface area contributed by atoms with Gasteiger partial charge in [0.25, 0.3) is 0 Å². The maximum Gasteiger partial charge on any atom is 0.240 e. The Kier molecular flexibility index (Phi) is 6.21. The van der Waals surface area contributed by atoms with Crippen LogP contribution in [0.15, 0.2) is 29.2 Å². The molecule has 0 atom stereocenters. The standard InChI is InChI=1S/C16H26N2O2S/c1-17-12-10-15-6-8-16(9-7-15)21(19,20)18-13-11-14-4-2-3-5-14/h6-9,14,17-18H,2-5,10-13H2,1H3. The van der Waals surface area contributed by atoms with E-state index in [1.807, 2.05) is 19.2 Å². The lowest BCUT2D eigenvalue weighted by Crippen LogP contribution is -2.26. The van der Waals surface area contributed by atoms with E-state index >= 15 is 0 Å². The van der Waals surface area contributed by atoms with E-state index in [1.165, 1.54) is 25.7 Å². The molecule has 1 aromatic carbocycles. The highest BCUT2D eigenvalue weighted by Gasteiger charge is 2.17. The minimum absolute atomic E-state index is 0.363. The minimum Gasteiger partial charge on any atom is -0.319 e. The molecule has 0 saturated heterocycles. The first-order valence-corrected chi connectivity index (χ1v) is 9.33. The smallest absolute Gasteiger partial charge is 0.240 e. The Balaban J connectivity index is 1.85. The number of rotatable bonds is 8. The zero-order valence-corrected chi connectivity index (χ0v) is 13.6. The molecule has 1 aliphatic carbocycles. The van der Waals surface area contributed by atoms with E-state index in [4.69, 9.17) is 0 Å². The molecule has 21 heavy (non-hydrogen) atoms. The van der Waals surface area contributed by atoms with Gasteiger partial charge in [0.05, 0.1) is 4.90 Å². The van der Waals surface area contributed by atoms with Crippen LogP contribution in [0.2, 0.25) is 0 Å². The monoisotopic (exact) mass is 310 g/mol. The summed E-state index contributed by atoms with van der Waals surface area (Å²) in [6.07, 6.45) is 6.96. The molecule has 0 amide bonds. The maximum atomic E-state index is 12.2. The van der Waals surface area contributed by atoms with Gasteiger partial charge in [-0.2, -0.15) is 0 Å². The fourth-order valence-electron chi connectivity index (χ4n) is 2.88. The van der Waals surface area contributed by atoms with Crippen LogP contribution in [0.1, 0.15) is 37.7 Å². The third-order valence-electron chi connectivity index (χ3n) is 4.22. The Labute approximate surface area is 128 Å². The van der Waals surface area contributed by atoms with Crippen molar-refractivity contribution in [1.29, 1.82) is 0 Å². The van der Waals surface area contributed by atoms with Crippen molar-refractivity contribution in [2.75, 3.05) is 20.1 Å². The molecule has 1 aliphatic rings. The predicted molar refractivity (Wildman–Crippen MR) is 85.8 cm³/mol. The van der Waals surface area contributed by atoms with Gasteiger partial charge in [0.2, 0.25) is 10.0 Å². The zero-order chi connectivity index (χ0) is 15.1. The van der Waals surface area contributed by atoms with Crippen molar-refractivity contribution >= 4 is 10.0 Å². The minimum atomic E-state index is -3.35. The van der Waals surface area contributed by atoms with Crippen LogP contribution in [-0.4, -0.2) is 28.6 Å². The van der Waals surface area contributed by atoms with Gasteiger partial charge in [0.15, 0.2) is 0 Å². The normalized spacial score (nSPS) is 16.4.